The Hall–Kier alpha value is -3.36. The molecule has 0 aliphatic carbocycles. The van der Waals surface area contributed by atoms with Crippen LogP contribution >= 0.6 is 0 Å². The van der Waals surface area contributed by atoms with Gasteiger partial charge in [-0.25, -0.2) is 4.98 Å². The van der Waals surface area contributed by atoms with Gasteiger partial charge < -0.3 is 10.2 Å². The van der Waals surface area contributed by atoms with Gasteiger partial charge in [0.2, 0.25) is 5.91 Å². The Labute approximate surface area is 177 Å². The normalized spacial score (nSPS) is 11.5. The summed E-state index contributed by atoms with van der Waals surface area (Å²) in [7, 11) is 0. The van der Waals surface area contributed by atoms with Crippen LogP contribution in [0.3, 0.4) is 0 Å². The van der Waals surface area contributed by atoms with E-state index >= 15 is 0 Å². The molecule has 1 aromatic heterocycles. The van der Waals surface area contributed by atoms with Crippen LogP contribution in [0.4, 0.5) is 24.5 Å². The number of aryl methyl sites for hydroxylation is 1. The summed E-state index contributed by atoms with van der Waals surface area (Å²) >= 11 is 0. The first kappa shape index (κ1) is 22.3. The SMILES string of the molecule is CCN(CC)c1ccc(C(F)(F)F)cc1NC(=O)Cn1cnc2c(C)cccc2c1=O. The topological polar surface area (TPSA) is 67.2 Å². The molecule has 0 atom stereocenters. The summed E-state index contributed by atoms with van der Waals surface area (Å²) in [4.78, 5) is 31.4. The van der Waals surface area contributed by atoms with Gasteiger partial charge in [-0.05, 0) is 50.6 Å². The van der Waals surface area contributed by atoms with E-state index in [1.165, 1.54) is 12.4 Å². The Morgan fingerprint density at radius 1 is 1.16 bits per heavy atom. The van der Waals surface area contributed by atoms with Crippen molar-refractivity contribution < 1.29 is 18.0 Å². The van der Waals surface area contributed by atoms with Crippen molar-refractivity contribution in [2.45, 2.75) is 33.5 Å². The van der Waals surface area contributed by atoms with Gasteiger partial charge in [0.25, 0.3) is 5.56 Å². The van der Waals surface area contributed by atoms with E-state index in [4.69, 9.17) is 0 Å². The zero-order chi connectivity index (χ0) is 22.8. The van der Waals surface area contributed by atoms with Crippen LogP contribution in [0.2, 0.25) is 0 Å². The minimum absolute atomic E-state index is 0.0427. The van der Waals surface area contributed by atoms with Crippen LogP contribution in [0.5, 0.6) is 0 Å². The van der Waals surface area contributed by atoms with Crippen LogP contribution < -0.4 is 15.8 Å². The first-order valence-electron chi connectivity index (χ1n) is 9.86. The number of anilines is 2. The van der Waals surface area contributed by atoms with Gasteiger partial charge in [0, 0.05) is 13.1 Å². The van der Waals surface area contributed by atoms with Crippen LogP contribution in [0, 0.1) is 6.92 Å². The Kier molecular flexibility index (Phi) is 6.33. The molecular formula is C22H23F3N4O2. The first-order chi connectivity index (χ1) is 14.7. The molecule has 3 aromatic rings. The van der Waals surface area contributed by atoms with Gasteiger partial charge in [0.15, 0.2) is 0 Å². The van der Waals surface area contributed by atoms with E-state index in [-0.39, 0.29) is 12.2 Å². The molecule has 0 unspecified atom stereocenters. The van der Waals surface area contributed by atoms with E-state index < -0.39 is 23.2 Å². The van der Waals surface area contributed by atoms with E-state index in [1.807, 2.05) is 31.7 Å². The number of nitrogens with zero attached hydrogens (tertiary/aromatic N) is 3. The van der Waals surface area contributed by atoms with Gasteiger partial charge in [-0.2, -0.15) is 13.2 Å². The molecule has 0 saturated heterocycles. The number of amides is 1. The maximum absolute atomic E-state index is 13.2. The number of carbonyl (C=O) groups excluding carboxylic acids is 1. The fourth-order valence-corrected chi connectivity index (χ4v) is 3.45. The third-order valence-electron chi connectivity index (χ3n) is 5.07. The maximum atomic E-state index is 13.2. The number of benzene rings is 2. The summed E-state index contributed by atoms with van der Waals surface area (Å²) in [5.41, 5.74) is 0.646. The van der Waals surface area contributed by atoms with Crippen molar-refractivity contribution in [1.29, 1.82) is 0 Å². The summed E-state index contributed by atoms with van der Waals surface area (Å²) in [6.07, 6.45) is -3.27. The molecule has 2 aromatic carbocycles. The predicted molar refractivity (Wildman–Crippen MR) is 114 cm³/mol. The average molecular weight is 432 g/mol. The van der Waals surface area contributed by atoms with E-state index in [1.54, 1.807) is 12.1 Å². The smallest absolute Gasteiger partial charge is 0.370 e. The third-order valence-corrected chi connectivity index (χ3v) is 5.07. The number of aromatic nitrogens is 2. The van der Waals surface area contributed by atoms with E-state index in [2.05, 4.69) is 10.3 Å². The van der Waals surface area contributed by atoms with Crippen LogP contribution in [-0.4, -0.2) is 28.5 Å². The highest BCUT2D eigenvalue weighted by Gasteiger charge is 2.31. The minimum Gasteiger partial charge on any atom is -0.370 e. The number of alkyl halides is 3. The van der Waals surface area contributed by atoms with Gasteiger partial charge >= 0.3 is 6.18 Å². The number of fused-ring (bicyclic) bond motifs is 1. The van der Waals surface area contributed by atoms with Gasteiger partial charge in [-0.15, -0.1) is 0 Å². The molecule has 0 fully saturated rings. The van der Waals surface area contributed by atoms with Gasteiger partial charge in [0.05, 0.1) is 34.2 Å². The number of rotatable bonds is 6. The van der Waals surface area contributed by atoms with Crippen LogP contribution in [0.15, 0.2) is 47.5 Å². The Bertz CT molecular complexity index is 1170. The van der Waals surface area contributed by atoms with E-state index in [9.17, 15) is 22.8 Å². The minimum atomic E-state index is -4.54. The van der Waals surface area contributed by atoms with Crippen molar-refractivity contribution in [2.75, 3.05) is 23.3 Å². The third kappa shape index (κ3) is 4.70. The Morgan fingerprint density at radius 2 is 1.87 bits per heavy atom. The lowest BCUT2D eigenvalue weighted by molar-refractivity contribution is -0.137. The van der Waals surface area contributed by atoms with Crippen molar-refractivity contribution in [2.24, 2.45) is 0 Å². The molecule has 0 spiro atoms. The number of carbonyl (C=O) groups is 1. The number of nitrogens with one attached hydrogen (secondary N) is 1. The Morgan fingerprint density at radius 3 is 2.52 bits per heavy atom. The quantitative estimate of drug-likeness (QED) is 0.634. The number of hydrogen-bond donors (Lipinski definition) is 1. The van der Waals surface area contributed by atoms with Crippen LogP contribution in [0.1, 0.15) is 25.0 Å². The highest BCUT2D eigenvalue weighted by atomic mass is 19.4. The Balaban J connectivity index is 1.93. The highest BCUT2D eigenvalue weighted by Crippen LogP contribution is 2.35. The van der Waals surface area contributed by atoms with Crippen LogP contribution in [0.25, 0.3) is 10.9 Å². The van der Waals surface area contributed by atoms with Crippen molar-refractivity contribution in [1.82, 2.24) is 9.55 Å². The fraction of sp³-hybridized carbons (Fsp3) is 0.318. The summed E-state index contributed by atoms with van der Waals surface area (Å²) in [6, 6.07) is 8.42. The monoisotopic (exact) mass is 432 g/mol. The summed E-state index contributed by atoms with van der Waals surface area (Å²) in [5.74, 6) is -0.622. The first-order valence-corrected chi connectivity index (χ1v) is 9.86. The summed E-state index contributed by atoms with van der Waals surface area (Å²) in [5, 5.41) is 2.91. The van der Waals surface area contributed by atoms with Crippen molar-refractivity contribution in [3.8, 4) is 0 Å². The molecule has 3 rings (SSSR count). The second kappa shape index (κ2) is 8.79. The molecular weight excluding hydrogens is 409 g/mol. The van der Waals surface area contributed by atoms with Gasteiger partial charge in [-0.3, -0.25) is 14.2 Å². The van der Waals surface area contributed by atoms with Crippen molar-refractivity contribution >= 4 is 28.2 Å². The lowest BCUT2D eigenvalue weighted by Gasteiger charge is -2.25. The maximum Gasteiger partial charge on any atom is 0.416 e. The van der Waals surface area contributed by atoms with Gasteiger partial charge in [-0.1, -0.05) is 12.1 Å². The van der Waals surface area contributed by atoms with E-state index in [0.29, 0.717) is 29.7 Å². The second-order valence-electron chi connectivity index (χ2n) is 7.10. The lowest BCUT2D eigenvalue weighted by Crippen LogP contribution is -2.29. The van der Waals surface area contributed by atoms with Crippen molar-refractivity contribution in [3.05, 3.63) is 64.2 Å². The number of para-hydroxylation sites is 1. The summed E-state index contributed by atoms with van der Waals surface area (Å²) in [6.45, 7) is 6.30. The molecule has 9 heteroatoms. The highest BCUT2D eigenvalue weighted by molar-refractivity contribution is 5.94. The molecule has 6 nitrogen and oxygen atoms in total. The van der Waals surface area contributed by atoms with Gasteiger partial charge in [0.1, 0.15) is 6.54 Å². The molecule has 0 aliphatic rings. The average Bonchev–Trinajstić information content (AvgIpc) is 2.71. The molecule has 0 aliphatic heterocycles. The molecule has 0 bridgehead atoms. The predicted octanol–water partition coefficient (Wildman–Crippen LogP) is 4.21. The van der Waals surface area contributed by atoms with Crippen molar-refractivity contribution in [3.63, 3.8) is 0 Å². The van der Waals surface area contributed by atoms with Crippen LogP contribution in [-0.2, 0) is 17.5 Å². The standard InChI is InChI=1S/C22H23F3N4O2/c1-4-28(5-2)18-10-9-15(22(23,24)25)11-17(18)27-19(30)12-29-13-26-20-14(3)7-6-8-16(20)21(29)31/h6-11,13H,4-5,12H2,1-3H3,(H,27,30). The zero-order valence-corrected chi connectivity index (χ0v) is 17.5. The molecule has 0 radical (unpaired) electrons. The molecule has 1 amide bonds. The zero-order valence-electron chi connectivity index (χ0n) is 17.5. The molecule has 31 heavy (non-hydrogen) atoms. The number of hydrogen-bond acceptors (Lipinski definition) is 4. The largest absolute Gasteiger partial charge is 0.416 e. The molecule has 1 N–H and O–H groups in total. The lowest BCUT2D eigenvalue weighted by atomic mass is 10.1. The molecule has 1 heterocycles. The molecule has 0 saturated carbocycles. The van der Waals surface area contributed by atoms with E-state index in [0.717, 1.165) is 22.3 Å². The number of halogens is 3. The fourth-order valence-electron chi connectivity index (χ4n) is 3.45. The summed E-state index contributed by atoms with van der Waals surface area (Å²) < 4.78 is 40.7. The second-order valence-corrected chi connectivity index (χ2v) is 7.10. The molecule has 164 valence electrons.